The Balaban J connectivity index is 1.85. The van der Waals surface area contributed by atoms with E-state index in [0.29, 0.717) is 17.7 Å². The highest BCUT2D eigenvalue weighted by Crippen LogP contribution is 2.62. The topological polar surface area (TPSA) is 52.9 Å². The number of phenols is 1. The molecule has 5 rings (SSSR count). The number of phenolic OH excluding ortho intramolecular Hbond substituents is 1. The number of aliphatic hydroxyl groups excluding tert-OH is 1. The Labute approximate surface area is 142 Å². The van der Waals surface area contributed by atoms with E-state index in [2.05, 4.69) is 46.7 Å². The molecule has 0 amide bonds. The number of aromatic hydroxyl groups is 1. The molecule has 1 unspecified atom stereocenters. The summed E-state index contributed by atoms with van der Waals surface area (Å²) in [4.78, 5) is 2.44. The molecule has 1 spiro atoms. The van der Waals surface area contributed by atoms with Crippen LogP contribution in [-0.2, 0) is 11.8 Å². The van der Waals surface area contributed by atoms with Crippen molar-refractivity contribution in [3.05, 3.63) is 32.9 Å². The van der Waals surface area contributed by atoms with E-state index in [-0.39, 0.29) is 17.3 Å². The molecular formula is C17H18INO3. The van der Waals surface area contributed by atoms with E-state index in [0.717, 1.165) is 23.0 Å². The van der Waals surface area contributed by atoms with E-state index in [9.17, 15) is 10.2 Å². The number of rotatable bonds is 0. The van der Waals surface area contributed by atoms with Gasteiger partial charge in [-0.05, 0) is 60.7 Å². The first-order chi connectivity index (χ1) is 10.5. The lowest BCUT2D eigenvalue weighted by Gasteiger charge is -2.56. The first kappa shape index (κ1) is 13.6. The van der Waals surface area contributed by atoms with Crippen LogP contribution in [0.4, 0.5) is 0 Å². The zero-order valence-electron chi connectivity index (χ0n) is 12.3. The molecule has 0 aromatic heterocycles. The number of likely N-dealkylation sites (tertiary alicyclic amines) is 1. The van der Waals surface area contributed by atoms with Gasteiger partial charge < -0.3 is 19.8 Å². The van der Waals surface area contributed by atoms with Gasteiger partial charge in [-0.2, -0.15) is 0 Å². The Morgan fingerprint density at radius 2 is 2.23 bits per heavy atom. The van der Waals surface area contributed by atoms with Crippen LogP contribution in [0, 0.1) is 9.49 Å². The first-order valence-electron chi connectivity index (χ1n) is 7.82. The van der Waals surface area contributed by atoms with Gasteiger partial charge in [-0.1, -0.05) is 12.2 Å². The third-order valence-corrected chi connectivity index (χ3v) is 7.04. The van der Waals surface area contributed by atoms with Gasteiger partial charge in [0.1, 0.15) is 12.2 Å². The SMILES string of the molecule is CN1CCC23c4c5cc([125I])c(O)c4O[C@H]2[C@@H](O)C=C[C@H]3[C@H]1C5. The number of hydrogen-bond donors (Lipinski definition) is 2. The molecule has 1 aromatic carbocycles. The van der Waals surface area contributed by atoms with Crippen LogP contribution in [-0.4, -0.2) is 47.0 Å². The minimum Gasteiger partial charge on any atom is -0.504 e. The zero-order valence-corrected chi connectivity index (χ0v) is 14.4. The normalized spacial score (nSPS) is 41.2. The minimum atomic E-state index is -0.601. The van der Waals surface area contributed by atoms with Gasteiger partial charge in [-0.25, -0.2) is 0 Å². The maximum Gasteiger partial charge on any atom is 0.171 e. The average molecular weight is 409 g/mol. The van der Waals surface area contributed by atoms with Gasteiger partial charge in [0.2, 0.25) is 0 Å². The highest BCUT2D eigenvalue weighted by molar-refractivity contribution is 14.1. The number of nitrogens with zero attached hydrogens (tertiary/aromatic N) is 1. The summed E-state index contributed by atoms with van der Waals surface area (Å²) in [5.74, 6) is 1.22. The maximum absolute atomic E-state index is 10.5. The molecule has 2 heterocycles. The fraction of sp³-hybridized carbons (Fsp3) is 0.529. The minimum absolute atomic E-state index is 0.171. The van der Waals surface area contributed by atoms with Gasteiger partial charge in [-0.3, -0.25) is 0 Å². The van der Waals surface area contributed by atoms with Crippen LogP contribution in [0.15, 0.2) is 18.2 Å². The van der Waals surface area contributed by atoms with E-state index < -0.39 is 6.10 Å². The molecule has 0 saturated carbocycles. The fourth-order valence-corrected chi connectivity index (χ4v) is 5.90. The van der Waals surface area contributed by atoms with Crippen molar-refractivity contribution < 1.29 is 14.9 Å². The number of ether oxygens (including phenoxy) is 1. The molecule has 2 N–H and O–H groups in total. The summed E-state index contributed by atoms with van der Waals surface area (Å²) in [7, 11) is 2.19. The predicted octanol–water partition coefficient (Wildman–Crippen LogP) is 1.80. The first-order valence-corrected chi connectivity index (χ1v) is 8.90. The van der Waals surface area contributed by atoms with E-state index in [4.69, 9.17) is 4.74 Å². The van der Waals surface area contributed by atoms with Crippen LogP contribution < -0.4 is 4.74 Å². The third kappa shape index (κ3) is 1.37. The van der Waals surface area contributed by atoms with E-state index >= 15 is 0 Å². The number of hydrogen-bond acceptors (Lipinski definition) is 4. The molecule has 5 atom stereocenters. The van der Waals surface area contributed by atoms with Crippen LogP contribution in [0.25, 0.3) is 0 Å². The standard InChI is InChI=1S/C17H18INO3/c1-19-5-4-17-9-2-3-12(20)16(17)22-15-13(17)8(7-11(9)19)6-10(18)14(15)21/h2-3,6,9,11-12,16,20-21H,4-5,7H2,1H3/t9-,11+,12-,16-,17?/m0/s1/i18-2. The molecule has 116 valence electrons. The van der Waals surface area contributed by atoms with Crippen molar-refractivity contribution in [1.82, 2.24) is 4.90 Å². The number of aliphatic hydroxyl groups is 1. The molecule has 1 saturated heterocycles. The van der Waals surface area contributed by atoms with E-state index in [1.165, 1.54) is 11.1 Å². The highest BCUT2D eigenvalue weighted by Gasteiger charge is 2.64. The summed E-state index contributed by atoms with van der Waals surface area (Å²) >= 11 is 2.17. The molecular weight excluding hydrogens is 391 g/mol. The Kier molecular flexibility index (Phi) is 2.59. The van der Waals surface area contributed by atoms with Crippen molar-refractivity contribution in [3.63, 3.8) is 0 Å². The Morgan fingerprint density at radius 3 is 3.05 bits per heavy atom. The van der Waals surface area contributed by atoms with Gasteiger partial charge in [-0.15, -0.1) is 0 Å². The molecule has 2 aliphatic carbocycles. The van der Waals surface area contributed by atoms with Crippen molar-refractivity contribution in [2.45, 2.75) is 36.5 Å². The van der Waals surface area contributed by atoms with Gasteiger partial charge in [0.15, 0.2) is 11.5 Å². The van der Waals surface area contributed by atoms with Crippen LogP contribution in [0.5, 0.6) is 11.5 Å². The van der Waals surface area contributed by atoms with Crippen molar-refractivity contribution in [2.24, 2.45) is 5.92 Å². The zero-order chi connectivity index (χ0) is 15.2. The maximum atomic E-state index is 10.5. The van der Waals surface area contributed by atoms with Crippen molar-refractivity contribution in [1.29, 1.82) is 0 Å². The molecule has 1 aromatic rings. The monoisotopic (exact) mass is 409 g/mol. The molecule has 4 nitrogen and oxygen atoms in total. The third-order valence-electron chi connectivity index (χ3n) is 6.22. The van der Waals surface area contributed by atoms with Crippen molar-refractivity contribution in [3.8, 4) is 11.5 Å². The van der Waals surface area contributed by atoms with Crippen LogP contribution in [0.3, 0.4) is 0 Å². The molecule has 1 fully saturated rings. The van der Waals surface area contributed by atoms with Crippen molar-refractivity contribution in [2.75, 3.05) is 13.6 Å². The molecule has 0 radical (unpaired) electrons. The summed E-state index contributed by atoms with van der Waals surface area (Å²) < 4.78 is 7.00. The second-order valence-corrected chi connectivity index (χ2v) is 8.21. The lowest BCUT2D eigenvalue weighted by Crippen LogP contribution is -2.64. The average Bonchev–Trinajstić information content (AvgIpc) is 2.84. The van der Waals surface area contributed by atoms with Gasteiger partial charge in [0.25, 0.3) is 0 Å². The van der Waals surface area contributed by atoms with E-state index in [1.807, 2.05) is 6.08 Å². The van der Waals surface area contributed by atoms with Crippen molar-refractivity contribution >= 4 is 22.6 Å². The molecule has 4 aliphatic rings. The molecule has 5 heteroatoms. The smallest absolute Gasteiger partial charge is 0.171 e. The number of benzene rings is 1. The fourth-order valence-electron chi connectivity index (χ4n) is 5.28. The number of halogens is 1. The lowest BCUT2D eigenvalue weighted by molar-refractivity contribution is -0.0453. The van der Waals surface area contributed by atoms with Crippen LogP contribution in [0.2, 0.25) is 0 Å². The molecule has 22 heavy (non-hydrogen) atoms. The second-order valence-electron chi connectivity index (χ2n) is 7.05. The van der Waals surface area contributed by atoms with Crippen LogP contribution in [0.1, 0.15) is 17.5 Å². The lowest BCUT2D eigenvalue weighted by atomic mass is 9.53. The van der Waals surface area contributed by atoms with Gasteiger partial charge in [0, 0.05) is 22.9 Å². The summed E-state index contributed by atoms with van der Waals surface area (Å²) in [6, 6.07) is 2.55. The van der Waals surface area contributed by atoms with E-state index in [1.54, 1.807) is 0 Å². The Bertz CT molecular complexity index is 718. The second kappa shape index (κ2) is 4.19. The highest BCUT2D eigenvalue weighted by atomic mass is 125. The van der Waals surface area contributed by atoms with Gasteiger partial charge >= 0.3 is 0 Å². The molecule has 2 aliphatic heterocycles. The summed E-state index contributed by atoms with van der Waals surface area (Å²) in [6.45, 7) is 1.01. The summed E-state index contributed by atoms with van der Waals surface area (Å²) in [5.41, 5.74) is 2.29. The molecule has 2 bridgehead atoms. The van der Waals surface area contributed by atoms with Gasteiger partial charge in [0.05, 0.1) is 3.57 Å². The summed E-state index contributed by atoms with van der Waals surface area (Å²) in [6.07, 6.45) is 5.17. The van der Waals surface area contributed by atoms with Crippen LogP contribution >= 0.6 is 22.6 Å². The Hall–Kier alpha value is -0.790. The summed E-state index contributed by atoms with van der Waals surface area (Å²) in [5, 5.41) is 21.0. The Morgan fingerprint density at radius 1 is 1.41 bits per heavy atom. The quantitative estimate of drug-likeness (QED) is 0.507. The predicted molar refractivity (Wildman–Crippen MR) is 90.3 cm³/mol. The number of likely N-dealkylation sites (N-methyl/N-ethyl adjacent to an activating group) is 1. The number of piperidine rings is 1. The largest absolute Gasteiger partial charge is 0.504 e.